The van der Waals surface area contributed by atoms with Gasteiger partial charge in [0.2, 0.25) is 0 Å². The molecule has 2 rings (SSSR count). The van der Waals surface area contributed by atoms with E-state index in [1.54, 1.807) is 6.20 Å². The largest absolute Gasteiger partial charge is 0.310 e. The SMILES string of the molecule is CC(C)NCc1ccc(Sc2ncccc2Cl)cc1Cl. The zero-order valence-electron chi connectivity index (χ0n) is 11.4. The molecule has 1 aromatic heterocycles. The lowest BCUT2D eigenvalue weighted by Crippen LogP contribution is -2.21. The fourth-order valence-electron chi connectivity index (χ4n) is 1.61. The van der Waals surface area contributed by atoms with E-state index in [0.29, 0.717) is 11.1 Å². The maximum absolute atomic E-state index is 6.31. The van der Waals surface area contributed by atoms with Crippen molar-refractivity contribution in [1.82, 2.24) is 10.3 Å². The minimum absolute atomic E-state index is 0.437. The van der Waals surface area contributed by atoms with Crippen LogP contribution in [0.4, 0.5) is 0 Å². The van der Waals surface area contributed by atoms with Crippen molar-refractivity contribution >= 4 is 35.0 Å². The first-order valence-corrected chi connectivity index (χ1v) is 7.93. The fraction of sp³-hybridized carbons (Fsp3) is 0.267. The second-order valence-corrected chi connectivity index (χ2v) is 6.56. The number of hydrogen-bond acceptors (Lipinski definition) is 3. The number of halogens is 2. The van der Waals surface area contributed by atoms with Crippen molar-refractivity contribution in [3.8, 4) is 0 Å². The van der Waals surface area contributed by atoms with E-state index in [1.807, 2.05) is 30.3 Å². The molecule has 0 spiro atoms. The van der Waals surface area contributed by atoms with Gasteiger partial charge < -0.3 is 5.32 Å². The van der Waals surface area contributed by atoms with Gasteiger partial charge in [-0.05, 0) is 29.8 Å². The highest BCUT2D eigenvalue weighted by Crippen LogP contribution is 2.33. The normalized spacial score (nSPS) is 11.1. The third-order valence-corrected chi connectivity index (χ3v) is 4.44. The van der Waals surface area contributed by atoms with Crippen LogP contribution in [-0.2, 0) is 6.54 Å². The fourth-order valence-corrected chi connectivity index (χ4v) is 2.97. The van der Waals surface area contributed by atoms with E-state index in [-0.39, 0.29) is 0 Å². The Morgan fingerprint density at radius 3 is 2.65 bits per heavy atom. The predicted molar refractivity (Wildman–Crippen MR) is 86.8 cm³/mol. The van der Waals surface area contributed by atoms with Crippen LogP contribution in [0.25, 0.3) is 0 Å². The number of pyridine rings is 1. The Balaban J connectivity index is 2.11. The smallest absolute Gasteiger partial charge is 0.119 e. The van der Waals surface area contributed by atoms with Gasteiger partial charge in [-0.25, -0.2) is 4.98 Å². The van der Waals surface area contributed by atoms with Crippen LogP contribution < -0.4 is 5.32 Å². The molecule has 106 valence electrons. The van der Waals surface area contributed by atoms with Crippen LogP contribution in [0.2, 0.25) is 10.0 Å². The lowest BCUT2D eigenvalue weighted by atomic mass is 10.2. The van der Waals surface area contributed by atoms with Gasteiger partial charge in [-0.2, -0.15) is 0 Å². The molecular weight excluding hydrogens is 311 g/mol. The molecule has 0 saturated carbocycles. The molecule has 0 radical (unpaired) electrons. The predicted octanol–water partition coefficient (Wildman–Crippen LogP) is 5.04. The van der Waals surface area contributed by atoms with Gasteiger partial charge in [-0.1, -0.05) is 54.9 Å². The van der Waals surface area contributed by atoms with Gasteiger partial charge in [0.15, 0.2) is 0 Å². The van der Waals surface area contributed by atoms with Crippen molar-refractivity contribution in [1.29, 1.82) is 0 Å². The lowest BCUT2D eigenvalue weighted by Gasteiger charge is -2.10. The van der Waals surface area contributed by atoms with Crippen LogP contribution in [0.15, 0.2) is 46.5 Å². The molecule has 20 heavy (non-hydrogen) atoms. The summed E-state index contributed by atoms with van der Waals surface area (Å²) in [4.78, 5) is 5.29. The number of rotatable bonds is 5. The maximum atomic E-state index is 6.31. The van der Waals surface area contributed by atoms with Crippen molar-refractivity contribution < 1.29 is 0 Å². The third-order valence-electron chi connectivity index (χ3n) is 2.66. The molecule has 2 aromatic rings. The molecule has 0 fully saturated rings. The standard InChI is InChI=1S/C15H16Cl2N2S/c1-10(2)19-9-11-5-6-12(8-14(11)17)20-15-13(16)4-3-7-18-15/h3-8,10,19H,9H2,1-2H3. The third kappa shape index (κ3) is 4.38. The van der Waals surface area contributed by atoms with E-state index in [2.05, 4.69) is 24.1 Å². The van der Waals surface area contributed by atoms with Gasteiger partial charge in [-0.3, -0.25) is 0 Å². The summed E-state index contributed by atoms with van der Waals surface area (Å²) in [6.07, 6.45) is 1.73. The molecule has 0 aliphatic heterocycles. The summed E-state index contributed by atoms with van der Waals surface area (Å²) < 4.78 is 0. The van der Waals surface area contributed by atoms with E-state index in [0.717, 1.165) is 27.1 Å². The van der Waals surface area contributed by atoms with Gasteiger partial charge in [0, 0.05) is 28.7 Å². The van der Waals surface area contributed by atoms with E-state index < -0.39 is 0 Å². The van der Waals surface area contributed by atoms with Gasteiger partial charge in [0.1, 0.15) is 5.03 Å². The maximum Gasteiger partial charge on any atom is 0.119 e. The summed E-state index contributed by atoms with van der Waals surface area (Å²) in [5.74, 6) is 0. The number of nitrogens with zero attached hydrogens (tertiary/aromatic N) is 1. The van der Waals surface area contributed by atoms with Gasteiger partial charge >= 0.3 is 0 Å². The summed E-state index contributed by atoms with van der Waals surface area (Å²) in [6.45, 7) is 4.99. The molecule has 0 aliphatic rings. The zero-order chi connectivity index (χ0) is 14.5. The Bertz CT molecular complexity index is 588. The molecule has 0 aliphatic carbocycles. The van der Waals surface area contributed by atoms with Crippen molar-refractivity contribution in [2.75, 3.05) is 0 Å². The number of aromatic nitrogens is 1. The number of benzene rings is 1. The second-order valence-electron chi connectivity index (χ2n) is 4.68. The highest BCUT2D eigenvalue weighted by molar-refractivity contribution is 7.99. The minimum atomic E-state index is 0.437. The molecule has 1 N–H and O–H groups in total. The van der Waals surface area contributed by atoms with Gasteiger partial charge in [0.25, 0.3) is 0 Å². The minimum Gasteiger partial charge on any atom is -0.310 e. The van der Waals surface area contributed by atoms with Gasteiger partial charge in [0.05, 0.1) is 5.02 Å². The molecule has 0 unspecified atom stereocenters. The summed E-state index contributed by atoms with van der Waals surface area (Å²) in [6, 6.07) is 10.1. The van der Waals surface area contributed by atoms with Crippen LogP contribution in [0, 0.1) is 0 Å². The Morgan fingerprint density at radius 1 is 1.20 bits per heavy atom. The first kappa shape index (κ1) is 15.6. The van der Waals surface area contributed by atoms with E-state index in [4.69, 9.17) is 23.2 Å². The number of hydrogen-bond donors (Lipinski definition) is 1. The van der Waals surface area contributed by atoms with Crippen LogP contribution in [0.3, 0.4) is 0 Å². The summed E-state index contributed by atoms with van der Waals surface area (Å²) >= 11 is 13.9. The zero-order valence-corrected chi connectivity index (χ0v) is 13.7. The van der Waals surface area contributed by atoms with E-state index >= 15 is 0 Å². The molecule has 1 heterocycles. The van der Waals surface area contributed by atoms with Gasteiger partial charge in [-0.15, -0.1) is 0 Å². The average molecular weight is 327 g/mol. The Hall–Kier alpha value is -0.740. The second kappa shape index (κ2) is 7.32. The molecule has 2 nitrogen and oxygen atoms in total. The Kier molecular flexibility index (Phi) is 5.73. The molecule has 0 saturated heterocycles. The van der Waals surface area contributed by atoms with Crippen molar-refractivity contribution in [2.45, 2.75) is 36.4 Å². The monoisotopic (exact) mass is 326 g/mol. The van der Waals surface area contributed by atoms with Crippen LogP contribution >= 0.6 is 35.0 Å². The first-order valence-electron chi connectivity index (χ1n) is 6.36. The number of nitrogens with one attached hydrogen (secondary N) is 1. The summed E-state index contributed by atoms with van der Waals surface area (Å²) in [5.41, 5.74) is 1.09. The molecule has 0 amide bonds. The van der Waals surface area contributed by atoms with Crippen LogP contribution in [0.5, 0.6) is 0 Å². The summed E-state index contributed by atoms with van der Waals surface area (Å²) in [5, 5.41) is 5.56. The molecular formula is C15H16Cl2N2S. The molecule has 5 heteroatoms. The quantitative estimate of drug-likeness (QED) is 0.833. The van der Waals surface area contributed by atoms with E-state index in [1.165, 1.54) is 11.8 Å². The lowest BCUT2D eigenvalue weighted by molar-refractivity contribution is 0.589. The Labute approximate surface area is 133 Å². The molecule has 1 aromatic carbocycles. The van der Waals surface area contributed by atoms with E-state index in [9.17, 15) is 0 Å². The van der Waals surface area contributed by atoms with Crippen molar-refractivity contribution in [2.24, 2.45) is 0 Å². The highest BCUT2D eigenvalue weighted by atomic mass is 35.5. The first-order chi connectivity index (χ1) is 9.56. The summed E-state index contributed by atoms with van der Waals surface area (Å²) in [7, 11) is 0. The Morgan fingerprint density at radius 2 is 2.00 bits per heavy atom. The molecule has 0 atom stereocenters. The molecule has 0 bridgehead atoms. The van der Waals surface area contributed by atoms with Crippen LogP contribution in [0.1, 0.15) is 19.4 Å². The van der Waals surface area contributed by atoms with Crippen LogP contribution in [-0.4, -0.2) is 11.0 Å². The highest BCUT2D eigenvalue weighted by Gasteiger charge is 2.07. The topological polar surface area (TPSA) is 24.9 Å². The average Bonchev–Trinajstić information content (AvgIpc) is 2.40. The van der Waals surface area contributed by atoms with Crippen molar-refractivity contribution in [3.63, 3.8) is 0 Å². The van der Waals surface area contributed by atoms with Crippen molar-refractivity contribution in [3.05, 3.63) is 52.1 Å².